The van der Waals surface area contributed by atoms with Crippen molar-refractivity contribution < 1.29 is 14.0 Å². The van der Waals surface area contributed by atoms with Crippen molar-refractivity contribution in [1.82, 2.24) is 9.47 Å². The molecule has 1 aromatic heterocycles. The number of carbonyl (C=O) groups is 2. The van der Waals surface area contributed by atoms with Crippen LogP contribution in [0.5, 0.6) is 0 Å². The van der Waals surface area contributed by atoms with E-state index in [9.17, 15) is 18.8 Å². The van der Waals surface area contributed by atoms with Crippen molar-refractivity contribution in [2.24, 2.45) is 7.05 Å². The van der Waals surface area contributed by atoms with Crippen molar-refractivity contribution in [3.05, 3.63) is 75.3 Å². The van der Waals surface area contributed by atoms with Gasteiger partial charge in [-0.2, -0.15) is 0 Å². The molecule has 2 amide bonds. The summed E-state index contributed by atoms with van der Waals surface area (Å²) < 4.78 is 16.1. The molecule has 0 spiro atoms. The average Bonchev–Trinajstić information content (AvgIpc) is 2.86. The van der Waals surface area contributed by atoms with E-state index in [1.807, 2.05) is 13.8 Å². The molecule has 3 aromatic rings. The number of aromatic nitrogens is 1. The van der Waals surface area contributed by atoms with Crippen LogP contribution in [0.1, 0.15) is 42.3 Å². The Balaban J connectivity index is 2.37. The van der Waals surface area contributed by atoms with Crippen molar-refractivity contribution in [3.8, 4) is 0 Å². The van der Waals surface area contributed by atoms with E-state index in [0.717, 1.165) is 5.56 Å². The number of benzene rings is 2. The lowest BCUT2D eigenvalue weighted by molar-refractivity contribution is -0.106. The van der Waals surface area contributed by atoms with Crippen LogP contribution in [0.3, 0.4) is 0 Å². The number of nitrogens with one attached hydrogen (secondary N) is 2. The number of pyridine rings is 1. The maximum absolute atomic E-state index is 14.9. The Bertz CT molecular complexity index is 1470. The number of halogens is 1. The topological polar surface area (TPSA) is 86.7 Å². The molecule has 0 saturated heterocycles. The van der Waals surface area contributed by atoms with Crippen LogP contribution in [-0.2, 0) is 11.8 Å². The zero-order valence-corrected chi connectivity index (χ0v) is 23.4. The Kier molecular flexibility index (Phi) is 8.67. The molecule has 3 rings (SSSR count). The van der Waals surface area contributed by atoms with Gasteiger partial charge in [-0.25, -0.2) is 4.39 Å². The number of amides is 2. The Hall–Kier alpha value is -4.05. The molecule has 2 aromatic carbocycles. The lowest BCUT2D eigenvalue weighted by atomic mass is 10.0. The van der Waals surface area contributed by atoms with Gasteiger partial charge in [0, 0.05) is 31.4 Å². The van der Waals surface area contributed by atoms with Gasteiger partial charge in [0.25, 0.3) is 11.5 Å². The van der Waals surface area contributed by atoms with Crippen LogP contribution >= 0.6 is 12.2 Å². The molecule has 0 aliphatic rings. The fourth-order valence-electron chi connectivity index (χ4n) is 4.01. The summed E-state index contributed by atoms with van der Waals surface area (Å²) in [6, 6.07) is 11.3. The molecule has 0 radical (unpaired) electrons. The van der Waals surface area contributed by atoms with Gasteiger partial charge in [-0.3, -0.25) is 23.9 Å². The number of hydrogen-bond acceptors (Lipinski definition) is 5. The summed E-state index contributed by atoms with van der Waals surface area (Å²) in [5.41, 5.74) is 1.73. The number of carbonyl (C=O) groups excluding carboxylic acids is 2. The number of rotatable bonds is 8. The first-order valence-corrected chi connectivity index (χ1v) is 12.4. The van der Waals surface area contributed by atoms with Crippen LogP contribution in [0.25, 0.3) is 0 Å². The summed E-state index contributed by atoms with van der Waals surface area (Å²) in [5, 5.41) is 5.99. The van der Waals surface area contributed by atoms with Crippen molar-refractivity contribution in [2.45, 2.75) is 40.7 Å². The lowest BCUT2D eigenvalue weighted by Crippen LogP contribution is -2.37. The van der Waals surface area contributed by atoms with Gasteiger partial charge in [-0.05, 0) is 70.5 Å². The van der Waals surface area contributed by atoms with Crippen LogP contribution in [0, 0.1) is 19.7 Å². The van der Waals surface area contributed by atoms with Gasteiger partial charge in [0.05, 0.1) is 22.1 Å². The zero-order valence-electron chi connectivity index (χ0n) is 22.5. The highest BCUT2D eigenvalue weighted by Gasteiger charge is 2.31. The second kappa shape index (κ2) is 11.6. The summed E-state index contributed by atoms with van der Waals surface area (Å²) >= 11 is 5.14. The Labute approximate surface area is 227 Å². The lowest BCUT2D eigenvalue weighted by Gasteiger charge is -2.30. The highest BCUT2D eigenvalue weighted by Crippen LogP contribution is 2.36. The third kappa shape index (κ3) is 5.75. The molecule has 38 heavy (non-hydrogen) atoms. The summed E-state index contributed by atoms with van der Waals surface area (Å²) in [6.45, 7) is 8.74. The molecule has 0 unspecified atom stereocenters. The third-order valence-corrected chi connectivity index (χ3v) is 6.37. The van der Waals surface area contributed by atoms with E-state index in [1.165, 1.54) is 33.5 Å². The summed E-state index contributed by atoms with van der Waals surface area (Å²) in [4.78, 5) is 43.2. The monoisotopic (exact) mass is 537 g/mol. The minimum Gasteiger partial charge on any atom is -0.350 e. The second-order valence-corrected chi connectivity index (χ2v) is 10.00. The fourth-order valence-corrected chi connectivity index (χ4v) is 4.13. The molecular weight excluding hydrogens is 505 g/mol. The van der Waals surface area contributed by atoms with Crippen molar-refractivity contribution in [2.75, 3.05) is 22.6 Å². The highest BCUT2D eigenvalue weighted by atomic mass is 32.1. The number of nitrogens with zero attached hydrogens (tertiary/aromatic N) is 3. The molecule has 0 saturated carbocycles. The molecule has 0 aliphatic carbocycles. The molecule has 0 aliphatic heterocycles. The SMILES string of the molecule is CC(=S)Nc1cccc(N(C=O)c2c(C(=O)N(C)C(C)C)c(Nc3ccc(C)cc3F)n(C)c(=O)c2C)c1. The predicted molar refractivity (Wildman–Crippen MR) is 155 cm³/mol. The van der Waals surface area contributed by atoms with E-state index in [4.69, 9.17) is 12.2 Å². The smallest absolute Gasteiger partial charge is 0.259 e. The van der Waals surface area contributed by atoms with E-state index >= 15 is 0 Å². The summed E-state index contributed by atoms with van der Waals surface area (Å²) in [6.07, 6.45) is 0.549. The molecule has 0 bridgehead atoms. The van der Waals surface area contributed by atoms with Gasteiger partial charge >= 0.3 is 0 Å². The van der Waals surface area contributed by atoms with Crippen LogP contribution in [0.15, 0.2) is 47.3 Å². The number of thiocarbonyl (C=S) groups is 1. The molecular formula is C28H32FN5O3S. The third-order valence-electron chi connectivity index (χ3n) is 6.27. The van der Waals surface area contributed by atoms with Gasteiger partial charge in [0.15, 0.2) is 0 Å². The first kappa shape index (κ1) is 28.5. The Morgan fingerprint density at radius 2 is 1.84 bits per heavy atom. The van der Waals surface area contributed by atoms with E-state index < -0.39 is 17.3 Å². The quantitative estimate of drug-likeness (QED) is 0.295. The van der Waals surface area contributed by atoms with Crippen LogP contribution in [-0.4, -0.2) is 39.9 Å². The summed E-state index contributed by atoms with van der Waals surface area (Å²) in [5.74, 6) is -0.928. The molecule has 0 fully saturated rings. The van der Waals surface area contributed by atoms with E-state index in [0.29, 0.717) is 22.8 Å². The minimum atomic E-state index is -0.545. The maximum atomic E-state index is 14.9. The van der Waals surface area contributed by atoms with E-state index in [2.05, 4.69) is 10.6 Å². The zero-order chi connectivity index (χ0) is 28.3. The molecule has 10 heteroatoms. The van der Waals surface area contributed by atoms with Gasteiger partial charge in [0.1, 0.15) is 17.2 Å². The standard InChI is InChI=1S/C28H32FN5O3S/c1-16(2)32(6)28(37)24-25(34(15-35)21-10-8-9-20(14-21)30-19(5)38)18(4)27(36)33(7)26(24)31-23-12-11-17(3)13-22(23)29/h8-16,31H,1-7H3,(H,30,38). The number of hydrogen-bond donors (Lipinski definition) is 2. The second-order valence-electron chi connectivity index (χ2n) is 9.39. The molecule has 2 N–H and O–H groups in total. The normalized spacial score (nSPS) is 10.8. The van der Waals surface area contributed by atoms with Crippen LogP contribution in [0.2, 0.25) is 0 Å². The maximum Gasteiger partial charge on any atom is 0.259 e. The first-order valence-electron chi connectivity index (χ1n) is 12.0. The van der Waals surface area contributed by atoms with Crippen molar-refractivity contribution in [3.63, 3.8) is 0 Å². The highest BCUT2D eigenvalue weighted by molar-refractivity contribution is 7.80. The largest absolute Gasteiger partial charge is 0.350 e. The van der Waals surface area contributed by atoms with Crippen molar-refractivity contribution in [1.29, 1.82) is 0 Å². The first-order chi connectivity index (χ1) is 17.9. The van der Waals surface area contributed by atoms with Gasteiger partial charge in [-0.15, -0.1) is 0 Å². The average molecular weight is 538 g/mol. The van der Waals surface area contributed by atoms with Crippen LogP contribution < -0.4 is 21.1 Å². The molecule has 8 nitrogen and oxygen atoms in total. The number of aryl methyl sites for hydroxylation is 1. The molecule has 1 heterocycles. The van der Waals surface area contributed by atoms with Gasteiger partial charge in [-0.1, -0.05) is 24.4 Å². The van der Waals surface area contributed by atoms with E-state index in [-0.39, 0.29) is 34.4 Å². The van der Waals surface area contributed by atoms with Crippen LogP contribution in [0.4, 0.5) is 33.0 Å². The van der Waals surface area contributed by atoms with Gasteiger partial charge < -0.3 is 15.5 Å². The fraction of sp³-hybridized carbons (Fsp3) is 0.286. The summed E-state index contributed by atoms with van der Waals surface area (Å²) in [7, 11) is 3.13. The van der Waals surface area contributed by atoms with E-state index in [1.54, 1.807) is 58.2 Å². The number of anilines is 5. The predicted octanol–water partition coefficient (Wildman–Crippen LogP) is 5.42. The molecule has 200 valence electrons. The van der Waals surface area contributed by atoms with Crippen molar-refractivity contribution >= 4 is 58.1 Å². The Morgan fingerprint density at radius 3 is 2.42 bits per heavy atom. The molecule has 0 atom stereocenters. The van der Waals surface area contributed by atoms with Gasteiger partial charge in [0.2, 0.25) is 6.41 Å². The minimum absolute atomic E-state index is 0.0530. The Morgan fingerprint density at radius 1 is 1.16 bits per heavy atom.